The van der Waals surface area contributed by atoms with Crippen LogP contribution in [0.2, 0.25) is 0 Å². The molecule has 40 heavy (non-hydrogen) atoms. The highest BCUT2D eigenvalue weighted by atomic mass is 16.5. The summed E-state index contributed by atoms with van der Waals surface area (Å²) in [6, 6.07) is 36.9. The third-order valence-electron chi connectivity index (χ3n) is 6.80. The van der Waals surface area contributed by atoms with Crippen LogP contribution >= 0.6 is 0 Å². The van der Waals surface area contributed by atoms with Gasteiger partial charge < -0.3 is 19.2 Å². The fourth-order valence-electron chi connectivity index (χ4n) is 4.68. The van der Waals surface area contributed by atoms with Gasteiger partial charge in [-0.15, -0.1) is 0 Å². The zero-order valence-corrected chi connectivity index (χ0v) is 23.0. The third-order valence-corrected chi connectivity index (χ3v) is 6.80. The third kappa shape index (κ3) is 7.39. The Morgan fingerprint density at radius 3 is 2.08 bits per heavy atom. The van der Waals surface area contributed by atoms with Crippen molar-refractivity contribution in [2.45, 2.75) is 38.9 Å². The lowest BCUT2D eigenvalue weighted by Gasteiger charge is -2.12. The van der Waals surface area contributed by atoms with E-state index in [9.17, 15) is 0 Å². The molecule has 5 nitrogen and oxygen atoms in total. The molecule has 5 aromatic rings. The second kappa shape index (κ2) is 14.2. The number of aromatic nitrogens is 2. The van der Waals surface area contributed by atoms with Gasteiger partial charge in [0.15, 0.2) is 11.5 Å². The molecule has 5 heteroatoms. The van der Waals surface area contributed by atoms with Crippen LogP contribution in [-0.2, 0) is 24.4 Å². The standard InChI is InChI=1S/C35H36N2O3/c1-38-32-24-28(21-22-31(32)40-26-27-14-6-2-7-15-27)25-39-23-13-5-12-20-33-36-34(29-16-8-3-9-17-29)35(37-33)30-18-10-4-11-19-30/h2-4,6-11,14-19,21-22,24H,5,12-13,20,23,25-26H2,1H3,(H,36,37). The summed E-state index contributed by atoms with van der Waals surface area (Å²) in [5.74, 6) is 2.49. The Morgan fingerprint density at radius 1 is 0.650 bits per heavy atom. The number of rotatable bonds is 14. The van der Waals surface area contributed by atoms with Crippen molar-refractivity contribution in [3.63, 3.8) is 0 Å². The Hall–Kier alpha value is -4.35. The van der Waals surface area contributed by atoms with Crippen molar-refractivity contribution in [3.8, 4) is 34.0 Å². The summed E-state index contributed by atoms with van der Waals surface area (Å²) in [5, 5.41) is 0. The summed E-state index contributed by atoms with van der Waals surface area (Å²) in [7, 11) is 1.67. The summed E-state index contributed by atoms with van der Waals surface area (Å²) in [6.45, 7) is 1.78. The lowest BCUT2D eigenvalue weighted by Crippen LogP contribution is -2.00. The largest absolute Gasteiger partial charge is 0.493 e. The van der Waals surface area contributed by atoms with Gasteiger partial charge in [-0.25, -0.2) is 4.98 Å². The van der Waals surface area contributed by atoms with Crippen LogP contribution < -0.4 is 9.47 Å². The number of unbranched alkanes of at least 4 members (excludes halogenated alkanes) is 2. The lowest BCUT2D eigenvalue weighted by molar-refractivity contribution is 0.116. The molecule has 0 amide bonds. The summed E-state index contributed by atoms with van der Waals surface area (Å²) in [5.41, 5.74) is 6.57. The molecule has 0 radical (unpaired) electrons. The Morgan fingerprint density at radius 2 is 1.35 bits per heavy atom. The first-order valence-electron chi connectivity index (χ1n) is 13.9. The first-order chi connectivity index (χ1) is 19.8. The number of nitrogens with zero attached hydrogens (tertiary/aromatic N) is 1. The molecule has 5 rings (SSSR count). The molecule has 0 aliphatic carbocycles. The number of imidazole rings is 1. The van der Waals surface area contributed by atoms with Gasteiger partial charge in [-0.05, 0) is 36.1 Å². The molecule has 0 atom stereocenters. The molecule has 0 fully saturated rings. The molecule has 0 unspecified atom stereocenters. The summed E-state index contributed by atoms with van der Waals surface area (Å²) in [4.78, 5) is 8.56. The van der Waals surface area contributed by atoms with Crippen LogP contribution in [0, 0.1) is 0 Å². The number of nitrogens with one attached hydrogen (secondary N) is 1. The van der Waals surface area contributed by atoms with Crippen molar-refractivity contribution in [1.29, 1.82) is 0 Å². The van der Waals surface area contributed by atoms with Crippen molar-refractivity contribution in [3.05, 3.63) is 126 Å². The second-order valence-electron chi connectivity index (χ2n) is 9.76. The number of H-pyrrole nitrogens is 1. The van der Waals surface area contributed by atoms with Gasteiger partial charge in [-0.1, -0.05) is 103 Å². The molecule has 4 aromatic carbocycles. The van der Waals surface area contributed by atoms with Gasteiger partial charge in [0.25, 0.3) is 0 Å². The highest BCUT2D eigenvalue weighted by Crippen LogP contribution is 2.31. The number of hydrogen-bond donors (Lipinski definition) is 1. The molecule has 0 saturated heterocycles. The average molecular weight is 533 g/mol. The maximum absolute atomic E-state index is 5.96. The zero-order valence-electron chi connectivity index (χ0n) is 23.0. The number of aromatic amines is 1. The molecule has 0 bridgehead atoms. The van der Waals surface area contributed by atoms with Crippen LogP contribution in [0.4, 0.5) is 0 Å². The van der Waals surface area contributed by atoms with Crippen molar-refractivity contribution in [2.75, 3.05) is 13.7 Å². The molecule has 0 spiro atoms. The predicted octanol–water partition coefficient (Wildman–Crippen LogP) is 8.26. The average Bonchev–Trinajstić information content (AvgIpc) is 3.45. The van der Waals surface area contributed by atoms with E-state index in [2.05, 4.69) is 53.5 Å². The van der Waals surface area contributed by atoms with Crippen molar-refractivity contribution in [1.82, 2.24) is 9.97 Å². The van der Waals surface area contributed by atoms with E-state index in [0.717, 1.165) is 83.3 Å². The molecular weight excluding hydrogens is 496 g/mol. The van der Waals surface area contributed by atoms with Crippen LogP contribution in [0.25, 0.3) is 22.5 Å². The van der Waals surface area contributed by atoms with E-state index < -0.39 is 0 Å². The Balaban J connectivity index is 1.07. The molecule has 0 aliphatic heterocycles. The zero-order chi connectivity index (χ0) is 27.4. The molecule has 1 N–H and O–H groups in total. The predicted molar refractivity (Wildman–Crippen MR) is 160 cm³/mol. The van der Waals surface area contributed by atoms with Crippen LogP contribution in [-0.4, -0.2) is 23.7 Å². The van der Waals surface area contributed by atoms with Crippen molar-refractivity contribution >= 4 is 0 Å². The van der Waals surface area contributed by atoms with Crippen LogP contribution in [0.3, 0.4) is 0 Å². The Kier molecular flexibility index (Phi) is 9.63. The first-order valence-corrected chi connectivity index (χ1v) is 13.9. The van der Waals surface area contributed by atoms with Gasteiger partial charge in [0.1, 0.15) is 12.4 Å². The molecular formula is C35H36N2O3. The van der Waals surface area contributed by atoms with E-state index in [4.69, 9.17) is 19.2 Å². The van der Waals surface area contributed by atoms with Crippen LogP contribution in [0.15, 0.2) is 109 Å². The van der Waals surface area contributed by atoms with Crippen LogP contribution in [0.1, 0.15) is 36.2 Å². The smallest absolute Gasteiger partial charge is 0.161 e. The molecule has 204 valence electrons. The minimum atomic E-state index is 0.506. The maximum Gasteiger partial charge on any atom is 0.161 e. The maximum atomic E-state index is 5.96. The topological polar surface area (TPSA) is 56.4 Å². The van der Waals surface area contributed by atoms with Gasteiger partial charge in [0.05, 0.1) is 25.1 Å². The monoisotopic (exact) mass is 532 g/mol. The highest BCUT2D eigenvalue weighted by molar-refractivity contribution is 5.78. The Bertz CT molecular complexity index is 1390. The van der Waals surface area contributed by atoms with E-state index in [-0.39, 0.29) is 0 Å². The SMILES string of the molecule is COc1cc(COCCCCCc2nc(-c3ccccc3)c(-c3ccccc3)[nH]2)ccc1OCc1ccccc1. The van der Waals surface area contributed by atoms with E-state index in [1.807, 2.05) is 60.7 Å². The lowest BCUT2D eigenvalue weighted by atomic mass is 10.1. The molecule has 1 heterocycles. The van der Waals surface area contributed by atoms with E-state index in [1.165, 1.54) is 0 Å². The Labute approximate surface area is 236 Å². The van der Waals surface area contributed by atoms with E-state index in [0.29, 0.717) is 13.2 Å². The number of ether oxygens (including phenoxy) is 3. The number of benzene rings is 4. The molecule has 0 aliphatic rings. The van der Waals surface area contributed by atoms with Crippen molar-refractivity contribution < 1.29 is 14.2 Å². The highest BCUT2D eigenvalue weighted by Gasteiger charge is 2.14. The quantitative estimate of drug-likeness (QED) is 0.146. The number of hydrogen-bond acceptors (Lipinski definition) is 4. The van der Waals surface area contributed by atoms with Crippen LogP contribution in [0.5, 0.6) is 11.5 Å². The van der Waals surface area contributed by atoms with Gasteiger partial charge >= 0.3 is 0 Å². The number of methoxy groups -OCH3 is 1. The summed E-state index contributed by atoms with van der Waals surface area (Å²) >= 11 is 0. The minimum Gasteiger partial charge on any atom is -0.493 e. The van der Waals surface area contributed by atoms with Gasteiger partial charge in [0, 0.05) is 24.2 Å². The van der Waals surface area contributed by atoms with E-state index >= 15 is 0 Å². The van der Waals surface area contributed by atoms with Gasteiger partial charge in [-0.2, -0.15) is 0 Å². The summed E-state index contributed by atoms with van der Waals surface area (Å²) < 4.78 is 17.5. The fraction of sp³-hybridized carbons (Fsp3) is 0.229. The summed E-state index contributed by atoms with van der Waals surface area (Å²) in [6.07, 6.45) is 4.06. The minimum absolute atomic E-state index is 0.506. The molecule has 1 aromatic heterocycles. The van der Waals surface area contributed by atoms with Gasteiger partial charge in [-0.3, -0.25) is 0 Å². The second-order valence-corrected chi connectivity index (χ2v) is 9.76. The first kappa shape index (κ1) is 27.2. The van der Waals surface area contributed by atoms with Gasteiger partial charge in [0.2, 0.25) is 0 Å². The molecule has 0 saturated carbocycles. The normalized spacial score (nSPS) is 10.9. The number of aryl methyl sites for hydroxylation is 1. The van der Waals surface area contributed by atoms with Crippen molar-refractivity contribution in [2.24, 2.45) is 0 Å². The fourth-order valence-corrected chi connectivity index (χ4v) is 4.68. The van der Waals surface area contributed by atoms with E-state index in [1.54, 1.807) is 7.11 Å².